The van der Waals surface area contributed by atoms with Gasteiger partial charge in [0, 0.05) is 6.54 Å². The molecule has 1 aliphatic heterocycles. The van der Waals surface area contributed by atoms with E-state index in [-0.39, 0.29) is 11.3 Å². The van der Waals surface area contributed by atoms with Crippen LogP contribution >= 0.6 is 11.8 Å². The lowest BCUT2D eigenvalue weighted by atomic mass is 9.76. The predicted molar refractivity (Wildman–Crippen MR) is 75.5 cm³/mol. The zero-order chi connectivity index (χ0) is 12.6. The first kappa shape index (κ1) is 14.8. The van der Waals surface area contributed by atoms with Gasteiger partial charge in [-0.05, 0) is 57.2 Å². The molecule has 0 aromatic rings. The molecule has 1 heterocycles. The van der Waals surface area contributed by atoms with Gasteiger partial charge in [0.15, 0.2) is 0 Å². The van der Waals surface area contributed by atoms with Crippen molar-refractivity contribution in [1.82, 2.24) is 10.6 Å². The zero-order valence-electron chi connectivity index (χ0n) is 11.2. The molecule has 0 bridgehead atoms. The molecule has 0 saturated carbocycles. The molecule has 100 valence electrons. The van der Waals surface area contributed by atoms with Gasteiger partial charge in [0.25, 0.3) is 0 Å². The van der Waals surface area contributed by atoms with Gasteiger partial charge in [0.1, 0.15) is 0 Å². The topological polar surface area (TPSA) is 41.1 Å². The van der Waals surface area contributed by atoms with Crippen molar-refractivity contribution in [2.45, 2.75) is 39.0 Å². The van der Waals surface area contributed by atoms with Gasteiger partial charge in [-0.3, -0.25) is 4.79 Å². The molecule has 4 heteroatoms. The van der Waals surface area contributed by atoms with E-state index >= 15 is 0 Å². The molecule has 0 aromatic carbocycles. The van der Waals surface area contributed by atoms with Gasteiger partial charge < -0.3 is 10.6 Å². The van der Waals surface area contributed by atoms with Crippen LogP contribution in [0.4, 0.5) is 0 Å². The first-order chi connectivity index (χ1) is 8.25. The Balaban J connectivity index is 2.28. The van der Waals surface area contributed by atoms with Gasteiger partial charge >= 0.3 is 0 Å². The van der Waals surface area contributed by atoms with E-state index in [9.17, 15) is 4.79 Å². The Morgan fingerprint density at radius 3 is 2.65 bits per heavy atom. The smallest absolute Gasteiger partial charge is 0.226 e. The first-order valence-electron chi connectivity index (χ1n) is 6.73. The van der Waals surface area contributed by atoms with Crippen molar-refractivity contribution in [1.29, 1.82) is 0 Å². The SMILES string of the molecule is CCC1(C(=O)NCCCCSC)CCNCC1. The number of thioether (sulfide) groups is 1. The lowest BCUT2D eigenvalue weighted by Crippen LogP contribution is -2.47. The molecule has 1 aliphatic rings. The number of piperidine rings is 1. The Hall–Kier alpha value is -0.220. The third kappa shape index (κ3) is 4.51. The Morgan fingerprint density at radius 2 is 2.06 bits per heavy atom. The molecule has 2 N–H and O–H groups in total. The summed E-state index contributed by atoms with van der Waals surface area (Å²) in [5, 5.41) is 6.46. The van der Waals surface area contributed by atoms with Crippen molar-refractivity contribution in [3.63, 3.8) is 0 Å². The van der Waals surface area contributed by atoms with E-state index in [1.165, 1.54) is 12.2 Å². The fourth-order valence-electron chi connectivity index (χ4n) is 2.41. The maximum absolute atomic E-state index is 12.2. The second kappa shape index (κ2) is 7.98. The molecular weight excluding hydrogens is 232 g/mol. The van der Waals surface area contributed by atoms with E-state index in [1.54, 1.807) is 0 Å². The third-order valence-electron chi connectivity index (χ3n) is 3.78. The molecule has 0 aliphatic carbocycles. The lowest BCUT2D eigenvalue weighted by Gasteiger charge is -2.35. The summed E-state index contributed by atoms with van der Waals surface area (Å²) in [5.41, 5.74) is -0.0925. The monoisotopic (exact) mass is 258 g/mol. The van der Waals surface area contributed by atoms with Crippen LogP contribution in [-0.2, 0) is 4.79 Å². The molecule has 1 amide bonds. The standard InChI is InChI=1S/C13H26N2OS/c1-3-13(6-9-14-10-7-13)12(16)15-8-4-5-11-17-2/h14H,3-11H2,1-2H3,(H,15,16). The number of hydrogen-bond donors (Lipinski definition) is 2. The molecule has 1 saturated heterocycles. The number of unbranched alkanes of at least 4 members (excludes halogenated alkanes) is 1. The fourth-order valence-corrected chi connectivity index (χ4v) is 2.90. The number of rotatable bonds is 7. The van der Waals surface area contributed by atoms with Gasteiger partial charge in [-0.1, -0.05) is 6.92 Å². The van der Waals surface area contributed by atoms with Crippen molar-refractivity contribution >= 4 is 17.7 Å². The average Bonchev–Trinajstić information content (AvgIpc) is 2.39. The Kier molecular flexibility index (Phi) is 6.97. The Morgan fingerprint density at radius 1 is 1.35 bits per heavy atom. The largest absolute Gasteiger partial charge is 0.356 e. The molecule has 1 rings (SSSR count). The van der Waals surface area contributed by atoms with E-state index in [0.717, 1.165) is 45.3 Å². The number of amides is 1. The third-order valence-corrected chi connectivity index (χ3v) is 4.48. The lowest BCUT2D eigenvalue weighted by molar-refractivity contribution is -0.132. The molecule has 0 unspecified atom stereocenters. The summed E-state index contributed by atoms with van der Waals surface area (Å²) in [6, 6.07) is 0. The zero-order valence-corrected chi connectivity index (χ0v) is 12.0. The molecule has 17 heavy (non-hydrogen) atoms. The van der Waals surface area contributed by atoms with Gasteiger partial charge in [-0.25, -0.2) is 0 Å². The van der Waals surface area contributed by atoms with Crippen LogP contribution < -0.4 is 10.6 Å². The van der Waals surface area contributed by atoms with Gasteiger partial charge in [0.05, 0.1) is 5.41 Å². The highest BCUT2D eigenvalue weighted by atomic mass is 32.2. The minimum atomic E-state index is -0.0925. The first-order valence-corrected chi connectivity index (χ1v) is 8.12. The van der Waals surface area contributed by atoms with Crippen molar-refractivity contribution < 1.29 is 4.79 Å². The quantitative estimate of drug-likeness (QED) is 0.687. The van der Waals surface area contributed by atoms with Crippen LogP contribution in [0, 0.1) is 5.41 Å². The molecule has 0 aromatic heterocycles. The van der Waals surface area contributed by atoms with Crippen LogP contribution in [0.3, 0.4) is 0 Å². The second-order valence-electron chi connectivity index (χ2n) is 4.84. The van der Waals surface area contributed by atoms with Crippen molar-refractivity contribution in [2.75, 3.05) is 31.6 Å². The molecule has 0 atom stereocenters. The fraction of sp³-hybridized carbons (Fsp3) is 0.923. The van der Waals surface area contributed by atoms with E-state index in [2.05, 4.69) is 23.8 Å². The second-order valence-corrected chi connectivity index (χ2v) is 5.83. The van der Waals surface area contributed by atoms with Crippen molar-refractivity contribution in [2.24, 2.45) is 5.41 Å². The summed E-state index contributed by atoms with van der Waals surface area (Å²) >= 11 is 1.87. The predicted octanol–water partition coefficient (Wildman–Crippen LogP) is 2.03. The molecule has 3 nitrogen and oxygen atoms in total. The molecule has 1 fully saturated rings. The van der Waals surface area contributed by atoms with E-state index in [0.29, 0.717) is 0 Å². The van der Waals surface area contributed by atoms with Crippen molar-refractivity contribution in [3.8, 4) is 0 Å². The highest BCUT2D eigenvalue weighted by molar-refractivity contribution is 7.98. The average molecular weight is 258 g/mol. The highest BCUT2D eigenvalue weighted by Crippen LogP contribution is 2.32. The van der Waals surface area contributed by atoms with E-state index in [4.69, 9.17) is 0 Å². The maximum atomic E-state index is 12.2. The number of hydrogen-bond acceptors (Lipinski definition) is 3. The van der Waals surface area contributed by atoms with Crippen molar-refractivity contribution in [3.05, 3.63) is 0 Å². The maximum Gasteiger partial charge on any atom is 0.226 e. The summed E-state index contributed by atoms with van der Waals surface area (Å²) in [7, 11) is 0. The summed E-state index contributed by atoms with van der Waals surface area (Å²) in [6.45, 7) is 4.94. The number of carbonyl (C=O) groups excluding carboxylic acids is 1. The molecule has 0 radical (unpaired) electrons. The van der Waals surface area contributed by atoms with E-state index < -0.39 is 0 Å². The molecule has 0 spiro atoms. The molecular formula is C13H26N2OS. The Labute approximate surface area is 109 Å². The van der Waals surface area contributed by atoms with Crippen LogP contribution in [-0.4, -0.2) is 37.6 Å². The highest BCUT2D eigenvalue weighted by Gasteiger charge is 2.37. The van der Waals surface area contributed by atoms with Crippen LogP contribution in [0.25, 0.3) is 0 Å². The number of carbonyl (C=O) groups is 1. The summed E-state index contributed by atoms with van der Waals surface area (Å²) in [6.07, 6.45) is 7.36. The van der Waals surface area contributed by atoms with Crippen LogP contribution in [0.15, 0.2) is 0 Å². The summed E-state index contributed by atoms with van der Waals surface area (Å²) in [4.78, 5) is 12.2. The van der Waals surface area contributed by atoms with Gasteiger partial charge in [-0.15, -0.1) is 0 Å². The Bertz CT molecular complexity index is 227. The minimum absolute atomic E-state index is 0.0925. The summed E-state index contributed by atoms with van der Waals surface area (Å²) in [5.74, 6) is 1.48. The van der Waals surface area contributed by atoms with E-state index in [1.807, 2.05) is 11.8 Å². The van der Waals surface area contributed by atoms with Crippen LogP contribution in [0.5, 0.6) is 0 Å². The van der Waals surface area contributed by atoms with Crippen LogP contribution in [0.2, 0.25) is 0 Å². The van der Waals surface area contributed by atoms with Gasteiger partial charge in [-0.2, -0.15) is 11.8 Å². The van der Waals surface area contributed by atoms with Gasteiger partial charge in [0.2, 0.25) is 5.91 Å². The number of nitrogens with one attached hydrogen (secondary N) is 2. The summed E-state index contributed by atoms with van der Waals surface area (Å²) < 4.78 is 0. The van der Waals surface area contributed by atoms with Crippen LogP contribution in [0.1, 0.15) is 39.0 Å². The minimum Gasteiger partial charge on any atom is -0.356 e. The normalized spacial score (nSPS) is 18.9.